The summed E-state index contributed by atoms with van der Waals surface area (Å²) >= 11 is 1.46. The van der Waals surface area contributed by atoms with Crippen LogP contribution in [0, 0.1) is 5.92 Å². The number of rotatable bonds is 5. The molecule has 1 aliphatic rings. The van der Waals surface area contributed by atoms with Gasteiger partial charge in [-0.3, -0.25) is 4.79 Å². The maximum absolute atomic E-state index is 12.0. The van der Waals surface area contributed by atoms with Crippen LogP contribution < -0.4 is 5.32 Å². The van der Waals surface area contributed by atoms with E-state index < -0.39 is 0 Å². The van der Waals surface area contributed by atoms with Crippen LogP contribution in [0.5, 0.6) is 0 Å². The molecule has 0 aromatic carbocycles. The third kappa shape index (κ3) is 3.98. The standard InChI is InChI=1S/C14H24N4OS/c1-10(2)18-9-15-17-14(18)20-8-13(19)16-12-7-5-4-6-11(12)3/h9-12H,4-8H2,1-3H3,(H,16,19)/t11-,12+/m1/s1. The molecule has 20 heavy (non-hydrogen) atoms. The van der Waals surface area contributed by atoms with Crippen molar-refractivity contribution in [2.24, 2.45) is 5.92 Å². The Bertz CT molecular complexity index is 446. The number of thioether (sulfide) groups is 1. The largest absolute Gasteiger partial charge is 0.352 e. The van der Waals surface area contributed by atoms with Gasteiger partial charge in [0.25, 0.3) is 0 Å². The highest BCUT2D eigenvalue weighted by Gasteiger charge is 2.23. The summed E-state index contributed by atoms with van der Waals surface area (Å²) in [7, 11) is 0. The fraction of sp³-hybridized carbons (Fsp3) is 0.786. The highest BCUT2D eigenvalue weighted by molar-refractivity contribution is 7.99. The van der Waals surface area contributed by atoms with Crippen molar-refractivity contribution in [1.29, 1.82) is 0 Å². The second-order valence-electron chi connectivity index (χ2n) is 5.84. The molecule has 1 saturated carbocycles. The number of amides is 1. The van der Waals surface area contributed by atoms with Gasteiger partial charge in [0.05, 0.1) is 5.75 Å². The highest BCUT2D eigenvalue weighted by atomic mass is 32.2. The van der Waals surface area contributed by atoms with Crippen molar-refractivity contribution >= 4 is 17.7 Å². The van der Waals surface area contributed by atoms with Crippen molar-refractivity contribution in [3.05, 3.63) is 6.33 Å². The lowest BCUT2D eigenvalue weighted by Gasteiger charge is -2.29. The predicted molar refractivity (Wildman–Crippen MR) is 80.7 cm³/mol. The molecule has 2 rings (SSSR count). The lowest BCUT2D eigenvalue weighted by atomic mass is 9.86. The molecule has 0 spiro atoms. The van der Waals surface area contributed by atoms with Crippen LogP contribution in [0.2, 0.25) is 0 Å². The molecule has 0 radical (unpaired) electrons. The van der Waals surface area contributed by atoms with E-state index in [1.807, 2.05) is 4.57 Å². The summed E-state index contributed by atoms with van der Waals surface area (Å²) in [6, 6.07) is 0.661. The molecular formula is C14H24N4OS. The summed E-state index contributed by atoms with van der Waals surface area (Å²) in [4.78, 5) is 12.0. The Labute approximate surface area is 124 Å². The summed E-state index contributed by atoms with van der Waals surface area (Å²) in [6.45, 7) is 6.39. The van der Waals surface area contributed by atoms with Gasteiger partial charge in [-0.1, -0.05) is 31.5 Å². The second kappa shape index (κ2) is 7.11. The van der Waals surface area contributed by atoms with E-state index in [0.717, 1.165) is 11.6 Å². The molecule has 0 unspecified atom stereocenters. The summed E-state index contributed by atoms with van der Waals surface area (Å²) in [5.74, 6) is 1.11. The normalized spacial score (nSPS) is 23.0. The van der Waals surface area contributed by atoms with Gasteiger partial charge in [-0.2, -0.15) is 0 Å². The highest BCUT2D eigenvalue weighted by Crippen LogP contribution is 2.24. The van der Waals surface area contributed by atoms with Crippen molar-refractivity contribution in [2.45, 2.75) is 63.7 Å². The van der Waals surface area contributed by atoms with Gasteiger partial charge in [-0.15, -0.1) is 10.2 Å². The van der Waals surface area contributed by atoms with Gasteiger partial charge in [0, 0.05) is 12.1 Å². The number of hydrogen-bond acceptors (Lipinski definition) is 4. The van der Waals surface area contributed by atoms with Crippen LogP contribution in [0.3, 0.4) is 0 Å². The van der Waals surface area contributed by atoms with Gasteiger partial charge in [-0.25, -0.2) is 0 Å². The van der Waals surface area contributed by atoms with Crippen LogP contribution >= 0.6 is 11.8 Å². The Balaban J connectivity index is 1.81. The van der Waals surface area contributed by atoms with Crippen LogP contribution in [-0.2, 0) is 4.79 Å². The molecule has 1 aromatic heterocycles. The summed E-state index contributed by atoms with van der Waals surface area (Å²) in [5, 5.41) is 12.0. The number of aromatic nitrogens is 3. The predicted octanol–water partition coefficient (Wildman–Crippen LogP) is 2.65. The first-order chi connectivity index (χ1) is 9.58. The Hall–Kier alpha value is -1.04. The van der Waals surface area contributed by atoms with E-state index >= 15 is 0 Å². The Morgan fingerprint density at radius 2 is 2.25 bits per heavy atom. The topological polar surface area (TPSA) is 59.8 Å². The van der Waals surface area contributed by atoms with Crippen LogP contribution in [0.15, 0.2) is 11.5 Å². The first-order valence-corrected chi connectivity index (χ1v) is 8.38. The second-order valence-corrected chi connectivity index (χ2v) is 6.78. The van der Waals surface area contributed by atoms with Gasteiger partial charge in [0.15, 0.2) is 5.16 Å². The minimum absolute atomic E-state index is 0.104. The van der Waals surface area contributed by atoms with Gasteiger partial charge >= 0.3 is 0 Å². The third-order valence-corrected chi connectivity index (χ3v) is 4.84. The maximum atomic E-state index is 12.0. The SMILES string of the molecule is CC(C)n1cnnc1SCC(=O)N[C@H]1CCCC[C@H]1C. The van der Waals surface area contributed by atoms with Crippen LogP contribution in [0.1, 0.15) is 52.5 Å². The lowest BCUT2D eigenvalue weighted by Crippen LogP contribution is -2.41. The minimum Gasteiger partial charge on any atom is -0.352 e. The minimum atomic E-state index is 0.104. The Kier molecular flexibility index (Phi) is 5.46. The lowest BCUT2D eigenvalue weighted by molar-refractivity contribution is -0.119. The van der Waals surface area contributed by atoms with Gasteiger partial charge in [0.1, 0.15) is 6.33 Å². The fourth-order valence-corrected chi connectivity index (χ4v) is 3.45. The summed E-state index contributed by atoms with van der Waals surface area (Å²) < 4.78 is 1.99. The molecule has 0 bridgehead atoms. The molecule has 2 atom stereocenters. The first-order valence-electron chi connectivity index (χ1n) is 7.39. The van der Waals surface area contributed by atoms with Gasteiger partial charge in [0.2, 0.25) is 5.91 Å². The number of hydrogen-bond donors (Lipinski definition) is 1. The molecule has 1 aliphatic carbocycles. The third-order valence-electron chi connectivity index (χ3n) is 3.89. The van der Waals surface area contributed by atoms with E-state index in [1.54, 1.807) is 6.33 Å². The van der Waals surface area contributed by atoms with Crippen LogP contribution in [0.4, 0.5) is 0 Å². The molecule has 1 aromatic rings. The van der Waals surface area contributed by atoms with E-state index in [1.165, 1.54) is 31.0 Å². The molecule has 1 amide bonds. The number of nitrogens with one attached hydrogen (secondary N) is 1. The van der Waals surface area contributed by atoms with E-state index in [0.29, 0.717) is 23.8 Å². The van der Waals surface area contributed by atoms with E-state index in [-0.39, 0.29) is 5.91 Å². The van der Waals surface area contributed by atoms with Crippen molar-refractivity contribution in [2.75, 3.05) is 5.75 Å². The molecule has 1 N–H and O–H groups in total. The average Bonchev–Trinajstić information content (AvgIpc) is 2.88. The van der Waals surface area contributed by atoms with E-state index in [9.17, 15) is 4.79 Å². The Morgan fingerprint density at radius 1 is 1.50 bits per heavy atom. The summed E-state index contributed by atoms with van der Waals surface area (Å²) in [6.07, 6.45) is 6.57. The molecule has 5 nitrogen and oxygen atoms in total. The van der Waals surface area contributed by atoms with Gasteiger partial charge < -0.3 is 9.88 Å². The van der Waals surface area contributed by atoms with Crippen molar-refractivity contribution in [3.63, 3.8) is 0 Å². The summed E-state index contributed by atoms with van der Waals surface area (Å²) in [5.41, 5.74) is 0. The molecule has 0 saturated heterocycles. The quantitative estimate of drug-likeness (QED) is 0.849. The maximum Gasteiger partial charge on any atom is 0.230 e. The van der Waals surface area contributed by atoms with Crippen molar-refractivity contribution in [3.8, 4) is 0 Å². The van der Waals surface area contributed by atoms with Crippen LogP contribution in [0.25, 0.3) is 0 Å². The van der Waals surface area contributed by atoms with Crippen LogP contribution in [-0.4, -0.2) is 32.5 Å². The first kappa shape index (κ1) is 15.4. The van der Waals surface area contributed by atoms with E-state index in [2.05, 4.69) is 36.3 Å². The monoisotopic (exact) mass is 296 g/mol. The molecule has 1 heterocycles. The zero-order chi connectivity index (χ0) is 14.5. The zero-order valence-corrected chi connectivity index (χ0v) is 13.3. The molecular weight excluding hydrogens is 272 g/mol. The molecule has 1 fully saturated rings. The number of nitrogens with zero attached hydrogens (tertiary/aromatic N) is 3. The molecule has 0 aliphatic heterocycles. The zero-order valence-electron chi connectivity index (χ0n) is 12.5. The van der Waals surface area contributed by atoms with Crippen molar-refractivity contribution in [1.82, 2.24) is 20.1 Å². The fourth-order valence-electron chi connectivity index (χ4n) is 2.60. The number of carbonyl (C=O) groups is 1. The average molecular weight is 296 g/mol. The Morgan fingerprint density at radius 3 is 2.95 bits per heavy atom. The van der Waals surface area contributed by atoms with Crippen molar-refractivity contribution < 1.29 is 4.79 Å². The number of carbonyl (C=O) groups excluding carboxylic acids is 1. The van der Waals surface area contributed by atoms with E-state index in [4.69, 9.17) is 0 Å². The molecule has 6 heteroatoms. The smallest absolute Gasteiger partial charge is 0.230 e. The van der Waals surface area contributed by atoms with Gasteiger partial charge in [-0.05, 0) is 32.6 Å². The molecule has 112 valence electrons.